The van der Waals surface area contributed by atoms with Gasteiger partial charge in [0.25, 0.3) is 10.0 Å². The number of aromatic nitrogens is 1. The number of hydrogen-bond donors (Lipinski definition) is 0. The molecule has 0 fully saturated rings. The summed E-state index contributed by atoms with van der Waals surface area (Å²) in [5.74, 6) is 0. The molecule has 0 amide bonds. The lowest BCUT2D eigenvalue weighted by molar-refractivity contribution is 0.521. The molecule has 0 atom stereocenters. The second-order valence-corrected chi connectivity index (χ2v) is 9.85. The van der Waals surface area contributed by atoms with E-state index in [0.29, 0.717) is 0 Å². The second-order valence-electron chi connectivity index (χ2n) is 5.85. The third kappa shape index (κ3) is 3.31. The SMILES string of the molecule is CN(C)S(=O)(=O)c1ccc(-c2ccc(S(=O)(=O)n3cccc3)cc2)cc1. The predicted molar refractivity (Wildman–Crippen MR) is 99.8 cm³/mol. The van der Waals surface area contributed by atoms with Crippen LogP contribution in [0, 0.1) is 0 Å². The molecule has 8 heteroatoms. The largest absolute Gasteiger partial charge is 0.267 e. The van der Waals surface area contributed by atoms with Crippen LogP contribution in [0.3, 0.4) is 0 Å². The minimum atomic E-state index is -3.60. The highest BCUT2D eigenvalue weighted by atomic mass is 32.2. The number of rotatable bonds is 5. The van der Waals surface area contributed by atoms with E-state index in [1.54, 1.807) is 36.4 Å². The Bertz CT molecular complexity index is 1100. The van der Waals surface area contributed by atoms with Crippen molar-refractivity contribution in [3.63, 3.8) is 0 Å². The van der Waals surface area contributed by atoms with Gasteiger partial charge in [0.1, 0.15) is 0 Å². The Hall–Kier alpha value is -2.42. The minimum absolute atomic E-state index is 0.184. The normalized spacial score (nSPS) is 12.4. The molecule has 3 aromatic rings. The summed E-state index contributed by atoms with van der Waals surface area (Å²) in [6, 6.07) is 16.2. The van der Waals surface area contributed by atoms with Crippen molar-refractivity contribution in [3.8, 4) is 11.1 Å². The van der Waals surface area contributed by atoms with Gasteiger partial charge in [-0.3, -0.25) is 0 Å². The lowest BCUT2D eigenvalue weighted by Gasteiger charge is -2.12. The van der Waals surface area contributed by atoms with Crippen LogP contribution in [0.1, 0.15) is 0 Å². The van der Waals surface area contributed by atoms with Gasteiger partial charge in [-0.15, -0.1) is 0 Å². The van der Waals surface area contributed by atoms with Crippen LogP contribution in [0.25, 0.3) is 11.1 Å². The number of hydrogen-bond acceptors (Lipinski definition) is 4. The van der Waals surface area contributed by atoms with Gasteiger partial charge >= 0.3 is 0 Å². The Morgan fingerprint density at radius 3 is 1.54 bits per heavy atom. The smallest absolute Gasteiger partial charge is 0.249 e. The third-order valence-corrected chi connectivity index (χ3v) is 7.47. The van der Waals surface area contributed by atoms with E-state index in [1.807, 2.05) is 0 Å². The van der Waals surface area contributed by atoms with Gasteiger partial charge in [-0.1, -0.05) is 24.3 Å². The quantitative estimate of drug-likeness (QED) is 0.671. The average Bonchev–Trinajstić information content (AvgIpc) is 3.17. The van der Waals surface area contributed by atoms with Gasteiger partial charge in [-0.25, -0.2) is 25.1 Å². The molecule has 1 aromatic heterocycles. The van der Waals surface area contributed by atoms with Gasteiger partial charge < -0.3 is 0 Å². The van der Waals surface area contributed by atoms with E-state index >= 15 is 0 Å². The summed E-state index contributed by atoms with van der Waals surface area (Å²) in [7, 11) is -4.12. The maximum Gasteiger partial charge on any atom is 0.267 e. The van der Waals surface area contributed by atoms with E-state index < -0.39 is 20.0 Å². The van der Waals surface area contributed by atoms with Crippen LogP contribution >= 0.6 is 0 Å². The highest BCUT2D eigenvalue weighted by Gasteiger charge is 2.17. The summed E-state index contributed by atoms with van der Waals surface area (Å²) < 4.78 is 51.4. The molecule has 0 bridgehead atoms. The summed E-state index contributed by atoms with van der Waals surface area (Å²) >= 11 is 0. The third-order valence-electron chi connectivity index (χ3n) is 3.97. The molecule has 3 rings (SSSR count). The monoisotopic (exact) mass is 390 g/mol. The first kappa shape index (κ1) is 18.4. The van der Waals surface area contributed by atoms with Gasteiger partial charge in [0.05, 0.1) is 9.79 Å². The molecule has 0 aliphatic rings. The molecular formula is C18H18N2O4S2. The molecule has 0 spiro atoms. The molecule has 0 aliphatic carbocycles. The summed E-state index contributed by atoms with van der Waals surface area (Å²) in [5, 5.41) is 0. The van der Waals surface area contributed by atoms with Gasteiger partial charge in [0, 0.05) is 26.5 Å². The first-order valence-corrected chi connectivity index (χ1v) is 10.6. The first-order valence-electron chi connectivity index (χ1n) is 7.74. The topological polar surface area (TPSA) is 76.5 Å². The molecule has 0 N–H and O–H groups in total. The molecule has 0 aliphatic heterocycles. The maximum absolute atomic E-state index is 12.5. The highest BCUT2D eigenvalue weighted by molar-refractivity contribution is 7.90. The summed E-state index contributed by atoms with van der Waals surface area (Å²) in [6.45, 7) is 0. The fourth-order valence-electron chi connectivity index (χ4n) is 2.45. The summed E-state index contributed by atoms with van der Waals surface area (Å²) in [6.07, 6.45) is 2.96. The highest BCUT2D eigenvalue weighted by Crippen LogP contribution is 2.24. The molecule has 0 radical (unpaired) electrons. The van der Waals surface area contributed by atoms with E-state index in [9.17, 15) is 16.8 Å². The average molecular weight is 390 g/mol. The van der Waals surface area contributed by atoms with Crippen molar-refractivity contribution in [3.05, 3.63) is 73.1 Å². The molecule has 0 saturated carbocycles. The molecule has 136 valence electrons. The first-order chi connectivity index (χ1) is 12.2. The predicted octanol–water partition coefficient (Wildman–Crippen LogP) is 2.64. The fourth-order valence-corrected chi connectivity index (χ4v) is 4.54. The summed E-state index contributed by atoms with van der Waals surface area (Å²) in [5.41, 5.74) is 1.60. The van der Waals surface area contributed by atoms with Crippen molar-refractivity contribution < 1.29 is 16.8 Å². The van der Waals surface area contributed by atoms with E-state index in [-0.39, 0.29) is 9.79 Å². The lowest BCUT2D eigenvalue weighted by atomic mass is 10.1. The van der Waals surface area contributed by atoms with Crippen molar-refractivity contribution >= 4 is 20.0 Å². The van der Waals surface area contributed by atoms with Gasteiger partial charge in [-0.05, 0) is 47.5 Å². The van der Waals surface area contributed by atoms with E-state index in [2.05, 4.69) is 0 Å². The van der Waals surface area contributed by atoms with Crippen LogP contribution < -0.4 is 0 Å². The standard InChI is InChI=1S/C18H18N2O4S2/c1-19(2)25(21,22)17-9-5-15(6-10-17)16-7-11-18(12-8-16)26(23,24)20-13-3-4-14-20/h3-14H,1-2H3. The zero-order chi connectivity index (χ0) is 18.9. The van der Waals surface area contributed by atoms with Gasteiger partial charge in [-0.2, -0.15) is 0 Å². The molecule has 26 heavy (non-hydrogen) atoms. The Balaban J connectivity index is 1.90. The maximum atomic E-state index is 12.5. The molecule has 0 saturated heterocycles. The Morgan fingerprint density at radius 2 is 1.12 bits per heavy atom. The van der Waals surface area contributed by atoms with Crippen LogP contribution in [0.2, 0.25) is 0 Å². The lowest BCUT2D eigenvalue weighted by Crippen LogP contribution is -2.22. The zero-order valence-electron chi connectivity index (χ0n) is 14.3. The minimum Gasteiger partial charge on any atom is -0.249 e. The van der Waals surface area contributed by atoms with Crippen LogP contribution in [-0.4, -0.2) is 39.2 Å². The van der Waals surface area contributed by atoms with Crippen molar-refractivity contribution in [1.82, 2.24) is 8.28 Å². The van der Waals surface area contributed by atoms with Crippen molar-refractivity contribution in [1.29, 1.82) is 0 Å². The number of nitrogens with zero attached hydrogens (tertiary/aromatic N) is 2. The van der Waals surface area contributed by atoms with Crippen molar-refractivity contribution in [2.45, 2.75) is 9.79 Å². The Labute approximate surface area is 153 Å². The molecule has 0 unspecified atom stereocenters. The molecule has 6 nitrogen and oxygen atoms in total. The fraction of sp³-hybridized carbons (Fsp3) is 0.111. The van der Waals surface area contributed by atoms with Gasteiger partial charge in [0.2, 0.25) is 10.0 Å². The molecule has 1 heterocycles. The van der Waals surface area contributed by atoms with E-state index in [4.69, 9.17) is 0 Å². The van der Waals surface area contributed by atoms with Crippen LogP contribution in [0.15, 0.2) is 82.8 Å². The Morgan fingerprint density at radius 1 is 0.692 bits per heavy atom. The Kier molecular flexibility index (Phi) is 4.74. The zero-order valence-corrected chi connectivity index (χ0v) is 15.9. The second kappa shape index (κ2) is 6.71. The van der Waals surface area contributed by atoms with Crippen LogP contribution in [0.4, 0.5) is 0 Å². The molecular weight excluding hydrogens is 372 g/mol. The van der Waals surface area contributed by atoms with E-state index in [0.717, 1.165) is 19.4 Å². The van der Waals surface area contributed by atoms with Crippen LogP contribution in [-0.2, 0) is 20.0 Å². The molecule has 2 aromatic carbocycles. The van der Waals surface area contributed by atoms with Crippen LogP contribution in [0.5, 0.6) is 0 Å². The van der Waals surface area contributed by atoms with Crippen molar-refractivity contribution in [2.75, 3.05) is 14.1 Å². The number of sulfonamides is 1. The van der Waals surface area contributed by atoms with Gasteiger partial charge in [0.15, 0.2) is 0 Å². The van der Waals surface area contributed by atoms with Crippen molar-refractivity contribution in [2.24, 2.45) is 0 Å². The number of benzene rings is 2. The summed E-state index contributed by atoms with van der Waals surface area (Å²) in [4.78, 5) is 0.391. The van der Waals surface area contributed by atoms with E-state index in [1.165, 1.54) is 50.8 Å².